The number of phenols is 1. The second kappa shape index (κ2) is 7.77. The summed E-state index contributed by atoms with van der Waals surface area (Å²) < 4.78 is 5.70. The van der Waals surface area contributed by atoms with Gasteiger partial charge in [0.15, 0.2) is 0 Å². The molecule has 0 atom stereocenters. The minimum atomic E-state index is 0.315. The molecule has 0 saturated heterocycles. The zero-order chi connectivity index (χ0) is 15.0. The first-order valence-corrected chi connectivity index (χ1v) is 6.10. The standard InChI is InChI=1S/C15H16O2.CHNO/c1-11-8-9-14(12(2)15(11)16)17-10-13-6-4-3-5-7-13;2-1-3/h3-9,16H,10H2,1-2H3;2H. The number of hydrogen-bond donors (Lipinski definition) is 2. The monoisotopic (exact) mass is 271 g/mol. The van der Waals surface area contributed by atoms with E-state index in [1.54, 1.807) is 0 Å². The number of nitrogens with one attached hydrogen (secondary N) is 1. The fourth-order valence-corrected chi connectivity index (χ4v) is 1.71. The lowest BCUT2D eigenvalue weighted by Crippen LogP contribution is -1.97. The molecule has 2 rings (SSSR count). The zero-order valence-corrected chi connectivity index (χ0v) is 11.5. The average Bonchev–Trinajstić information content (AvgIpc) is 2.46. The molecule has 2 aromatic carbocycles. The average molecular weight is 271 g/mol. The molecular weight excluding hydrogens is 254 g/mol. The van der Waals surface area contributed by atoms with E-state index in [1.165, 1.54) is 0 Å². The van der Waals surface area contributed by atoms with Crippen LogP contribution in [0.1, 0.15) is 16.7 Å². The number of isocyanates is 1. The van der Waals surface area contributed by atoms with Crippen molar-refractivity contribution in [2.75, 3.05) is 0 Å². The Labute approximate surface area is 118 Å². The van der Waals surface area contributed by atoms with Crippen molar-refractivity contribution in [2.45, 2.75) is 20.5 Å². The number of hydrogen-bond acceptors (Lipinski definition) is 4. The fraction of sp³-hybridized carbons (Fsp3) is 0.188. The molecule has 0 aliphatic carbocycles. The number of benzene rings is 2. The maximum absolute atomic E-state index is 9.80. The second-order valence-corrected chi connectivity index (χ2v) is 4.23. The molecule has 0 radical (unpaired) electrons. The van der Waals surface area contributed by atoms with Crippen molar-refractivity contribution in [2.24, 2.45) is 0 Å². The van der Waals surface area contributed by atoms with E-state index in [4.69, 9.17) is 14.9 Å². The minimum Gasteiger partial charge on any atom is -0.507 e. The Morgan fingerprint density at radius 1 is 1.15 bits per heavy atom. The molecule has 0 heterocycles. The largest absolute Gasteiger partial charge is 0.507 e. The minimum absolute atomic E-state index is 0.315. The lowest BCUT2D eigenvalue weighted by atomic mass is 10.1. The van der Waals surface area contributed by atoms with Crippen LogP contribution >= 0.6 is 0 Å². The van der Waals surface area contributed by atoms with Crippen LogP contribution in [0.3, 0.4) is 0 Å². The maximum Gasteiger partial charge on any atom is 0.231 e. The van der Waals surface area contributed by atoms with Gasteiger partial charge in [0, 0.05) is 5.56 Å². The molecule has 104 valence electrons. The summed E-state index contributed by atoms with van der Waals surface area (Å²) in [6.45, 7) is 4.26. The van der Waals surface area contributed by atoms with Crippen LogP contribution in [0.5, 0.6) is 11.5 Å². The van der Waals surface area contributed by atoms with E-state index in [9.17, 15) is 5.11 Å². The van der Waals surface area contributed by atoms with E-state index in [0.717, 1.165) is 28.5 Å². The van der Waals surface area contributed by atoms with Crippen molar-refractivity contribution >= 4 is 6.08 Å². The normalized spacial score (nSPS) is 9.10. The van der Waals surface area contributed by atoms with E-state index in [1.807, 2.05) is 56.3 Å². The van der Waals surface area contributed by atoms with Crippen LogP contribution in [-0.2, 0) is 11.4 Å². The molecule has 0 unspecified atom stereocenters. The molecule has 4 nitrogen and oxygen atoms in total. The molecular formula is C16H17NO3. The Hall–Kier alpha value is -2.58. The van der Waals surface area contributed by atoms with Crippen molar-refractivity contribution in [1.82, 2.24) is 0 Å². The predicted octanol–water partition coefficient (Wildman–Crippen LogP) is 3.49. The van der Waals surface area contributed by atoms with Crippen LogP contribution < -0.4 is 4.74 Å². The van der Waals surface area contributed by atoms with Crippen molar-refractivity contribution < 1.29 is 14.6 Å². The SMILES string of the molecule is Cc1ccc(OCc2ccccc2)c(C)c1O.N=C=O. The first-order chi connectivity index (χ1) is 9.60. The van der Waals surface area contributed by atoms with Crippen molar-refractivity contribution in [3.63, 3.8) is 0 Å². The summed E-state index contributed by atoms with van der Waals surface area (Å²) in [7, 11) is 0. The van der Waals surface area contributed by atoms with Crippen molar-refractivity contribution in [3.05, 3.63) is 59.2 Å². The Bertz CT molecular complexity index is 588. The number of ether oxygens (including phenoxy) is 1. The highest BCUT2D eigenvalue weighted by Gasteiger charge is 2.06. The molecule has 0 spiro atoms. The predicted molar refractivity (Wildman–Crippen MR) is 76.8 cm³/mol. The lowest BCUT2D eigenvalue weighted by Gasteiger charge is -2.11. The fourth-order valence-electron chi connectivity index (χ4n) is 1.71. The Kier molecular flexibility index (Phi) is 6.01. The highest BCUT2D eigenvalue weighted by atomic mass is 16.5. The zero-order valence-electron chi connectivity index (χ0n) is 11.5. The number of aryl methyl sites for hydroxylation is 1. The molecule has 0 amide bonds. The number of aromatic hydroxyl groups is 1. The first-order valence-electron chi connectivity index (χ1n) is 6.10. The molecule has 0 aliphatic rings. The smallest absolute Gasteiger partial charge is 0.231 e. The van der Waals surface area contributed by atoms with E-state index in [2.05, 4.69) is 0 Å². The highest BCUT2D eigenvalue weighted by molar-refractivity contribution is 5.47. The van der Waals surface area contributed by atoms with Crippen molar-refractivity contribution in [3.8, 4) is 11.5 Å². The Morgan fingerprint density at radius 2 is 1.75 bits per heavy atom. The molecule has 0 fully saturated rings. The molecule has 0 aliphatic heterocycles. The first kappa shape index (κ1) is 15.5. The summed E-state index contributed by atoms with van der Waals surface area (Å²) in [5.74, 6) is 1.05. The van der Waals surface area contributed by atoms with Gasteiger partial charge in [-0.1, -0.05) is 36.4 Å². The van der Waals surface area contributed by atoms with Gasteiger partial charge in [-0.3, -0.25) is 0 Å². The summed E-state index contributed by atoms with van der Waals surface area (Å²) >= 11 is 0. The third-order valence-corrected chi connectivity index (χ3v) is 2.82. The summed E-state index contributed by atoms with van der Waals surface area (Å²) in [4.78, 5) is 8.35. The van der Waals surface area contributed by atoms with E-state index in [0.29, 0.717) is 12.4 Å². The van der Waals surface area contributed by atoms with E-state index < -0.39 is 0 Å². The molecule has 0 bridgehead atoms. The highest BCUT2D eigenvalue weighted by Crippen LogP contribution is 2.30. The Morgan fingerprint density at radius 3 is 2.35 bits per heavy atom. The van der Waals surface area contributed by atoms with Gasteiger partial charge in [-0.25, -0.2) is 10.2 Å². The van der Waals surface area contributed by atoms with Crippen LogP contribution in [-0.4, -0.2) is 11.2 Å². The topological polar surface area (TPSA) is 70.4 Å². The van der Waals surface area contributed by atoms with Crippen molar-refractivity contribution in [1.29, 1.82) is 5.41 Å². The Balaban J connectivity index is 0.000000612. The number of rotatable bonds is 3. The van der Waals surface area contributed by atoms with E-state index in [-0.39, 0.29) is 0 Å². The van der Waals surface area contributed by atoms with Crippen LogP contribution in [0, 0.1) is 19.3 Å². The summed E-state index contributed by atoms with van der Waals surface area (Å²) in [6.07, 6.45) is 0.750. The van der Waals surface area contributed by atoms with Gasteiger partial charge in [-0.05, 0) is 31.0 Å². The van der Waals surface area contributed by atoms with Gasteiger partial charge in [0.2, 0.25) is 6.08 Å². The van der Waals surface area contributed by atoms with Gasteiger partial charge in [-0.2, -0.15) is 0 Å². The molecule has 2 N–H and O–H groups in total. The molecule has 0 aromatic heterocycles. The lowest BCUT2D eigenvalue weighted by molar-refractivity contribution is 0.301. The van der Waals surface area contributed by atoms with Crippen LogP contribution in [0.2, 0.25) is 0 Å². The quantitative estimate of drug-likeness (QED) is 0.663. The van der Waals surface area contributed by atoms with Gasteiger partial charge < -0.3 is 9.84 Å². The van der Waals surface area contributed by atoms with Crippen LogP contribution in [0.25, 0.3) is 0 Å². The van der Waals surface area contributed by atoms with E-state index >= 15 is 0 Å². The third kappa shape index (κ3) is 4.26. The summed E-state index contributed by atoms with van der Waals surface area (Å²) in [5.41, 5.74) is 2.78. The maximum atomic E-state index is 9.80. The number of phenolic OH excluding ortho intramolecular Hbond substituents is 1. The van der Waals surface area contributed by atoms with Gasteiger partial charge in [-0.15, -0.1) is 0 Å². The van der Waals surface area contributed by atoms with Gasteiger partial charge >= 0.3 is 0 Å². The van der Waals surface area contributed by atoms with Gasteiger partial charge in [0.05, 0.1) is 0 Å². The molecule has 20 heavy (non-hydrogen) atoms. The van der Waals surface area contributed by atoms with Crippen LogP contribution in [0.4, 0.5) is 0 Å². The summed E-state index contributed by atoms with van der Waals surface area (Å²) in [6, 6.07) is 13.7. The van der Waals surface area contributed by atoms with Crippen LogP contribution in [0.15, 0.2) is 42.5 Å². The second-order valence-electron chi connectivity index (χ2n) is 4.23. The molecule has 4 heteroatoms. The van der Waals surface area contributed by atoms with Gasteiger partial charge in [0.25, 0.3) is 0 Å². The summed E-state index contributed by atoms with van der Waals surface area (Å²) in [5, 5.41) is 15.2. The van der Waals surface area contributed by atoms with Gasteiger partial charge in [0.1, 0.15) is 18.1 Å². The molecule has 0 saturated carbocycles. The molecule has 2 aromatic rings. The third-order valence-electron chi connectivity index (χ3n) is 2.82. The number of carbonyl (C=O) groups excluding carboxylic acids is 1.